The minimum Gasteiger partial charge on any atom is -0.482 e. The molecule has 0 saturated heterocycles. The molecule has 0 amide bonds. The summed E-state index contributed by atoms with van der Waals surface area (Å²) >= 11 is 5.60. The second-order valence-electron chi connectivity index (χ2n) is 4.86. The number of benzene rings is 1. The fourth-order valence-corrected chi connectivity index (χ4v) is 1.25. The zero-order valence-corrected chi connectivity index (χ0v) is 14.3. The summed E-state index contributed by atoms with van der Waals surface area (Å²) in [6.45, 7) is 5.95. The molecular formula is C16H22ClNO5. The molecule has 0 aliphatic rings. The highest BCUT2D eigenvalue weighted by Gasteiger charge is 2.01. The number of ether oxygens (including phenoxy) is 2. The first-order valence-corrected chi connectivity index (χ1v) is 7.17. The van der Waals surface area contributed by atoms with Crippen LogP contribution < -0.4 is 4.74 Å². The Labute approximate surface area is 141 Å². The standard InChI is InChI=1S/C8H7ClO3.C8H15NO2/c9-6-1-3-7(4-2-6)12-5-8(10)11;1-7(2)8(10)11-6-5-9(3)4/h1-4H,5H2,(H,10,11);1,5-6H2,2-4H3. The van der Waals surface area contributed by atoms with Crippen molar-refractivity contribution in [3.63, 3.8) is 0 Å². The van der Waals surface area contributed by atoms with E-state index in [0.29, 0.717) is 23.0 Å². The van der Waals surface area contributed by atoms with Gasteiger partial charge in [0.25, 0.3) is 0 Å². The predicted molar refractivity (Wildman–Crippen MR) is 88.9 cm³/mol. The van der Waals surface area contributed by atoms with Crippen LogP contribution in [-0.2, 0) is 14.3 Å². The van der Waals surface area contributed by atoms with E-state index in [9.17, 15) is 9.59 Å². The molecule has 23 heavy (non-hydrogen) atoms. The molecule has 1 N–H and O–H groups in total. The minimum atomic E-state index is -0.995. The van der Waals surface area contributed by atoms with Gasteiger partial charge in [-0.25, -0.2) is 9.59 Å². The van der Waals surface area contributed by atoms with Crippen molar-refractivity contribution in [3.8, 4) is 5.75 Å². The number of aliphatic carboxylic acids is 1. The van der Waals surface area contributed by atoms with Crippen LogP contribution in [0.4, 0.5) is 0 Å². The van der Waals surface area contributed by atoms with Crippen molar-refractivity contribution in [1.29, 1.82) is 0 Å². The van der Waals surface area contributed by atoms with E-state index < -0.39 is 5.97 Å². The third-order valence-corrected chi connectivity index (χ3v) is 2.55. The van der Waals surface area contributed by atoms with E-state index >= 15 is 0 Å². The van der Waals surface area contributed by atoms with Gasteiger partial charge in [-0.15, -0.1) is 0 Å². The maximum Gasteiger partial charge on any atom is 0.341 e. The SMILES string of the molecule is C=C(C)C(=O)OCCN(C)C.O=C(O)COc1ccc(Cl)cc1. The third kappa shape index (κ3) is 12.2. The molecule has 0 aliphatic carbocycles. The molecule has 1 aromatic carbocycles. The lowest BCUT2D eigenvalue weighted by Crippen LogP contribution is -2.20. The molecule has 0 unspecified atom stereocenters. The largest absolute Gasteiger partial charge is 0.482 e. The van der Waals surface area contributed by atoms with Crippen LogP contribution in [0.5, 0.6) is 5.75 Å². The molecule has 0 heterocycles. The van der Waals surface area contributed by atoms with Crippen LogP contribution in [0.15, 0.2) is 36.4 Å². The highest BCUT2D eigenvalue weighted by molar-refractivity contribution is 6.30. The Kier molecular flexibility index (Phi) is 10.5. The molecule has 128 valence electrons. The number of hydrogen-bond donors (Lipinski definition) is 1. The summed E-state index contributed by atoms with van der Waals surface area (Å²) < 4.78 is 9.70. The topological polar surface area (TPSA) is 76.1 Å². The van der Waals surface area contributed by atoms with Crippen molar-refractivity contribution in [2.24, 2.45) is 0 Å². The lowest BCUT2D eigenvalue weighted by molar-refractivity contribution is -0.140. The Morgan fingerprint density at radius 2 is 1.83 bits per heavy atom. The van der Waals surface area contributed by atoms with Gasteiger partial charge < -0.3 is 19.5 Å². The molecule has 1 aromatic rings. The van der Waals surface area contributed by atoms with E-state index in [1.54, 1.807) is 31.2 Å². The number of halogens is 1. The van der Waals surface area contributed by atoms with Gasteiger partial charge in [-0.05, 0) is 45.3 Å². The van der Waals surface area contributed by atoms with Crippen molar-refractivity contribution in [1.82, 2.24) is 4.90 Å². The molecule has 7 heteroatoms. The third-order valence-electron chi connectivity index (χ3n) is 2.30. The summed E-state index contributed by atoms with van der Waals surface area (Å²) in [6, 6.07) is 6.51. The first-order valence-electron chi connectivity index (χ1n) is 6.80. The second-order valence-corrected chi connectivity index (χ2v) is 5.29. The molecule has 0 fully saturated rings. The first kappa shape index (κ1) is 20.9. The number of esters is 1. The van der Waals surface area contributed by atoms with Gasteiger partial charge in [-0.1, -0.05) is 18.2 Å². The van der Waals surface area contributed by atoms with Gasteiger partial charge in [0.15, 0.2) is 6.61 Å². The maximum atomic E-state index is 10.8. The molecular weight excluding hydrogens is 322 g/mol. The lowest BCUT2D eigenvalue weighted by Gasteiger charge is -2.09. The van der Waals surface area contributed by atoms with Gasteiger partial charge in [0.1, 0.15) is 12.4 Å². The Hall–Kier alpha value is -2.05. The molecule has 0 radical (unpaired) electrons. The molecule has 0 aliphatic heterocycles. The number of nitrogens with zero attached hydrogens (tertiary/aromatic N) is 1. The number of carboxylic acid groups (broad SMARTS) is 1. The van der Waals surface area contributed by atoms with Crippen LogP contribution in [0.1, 0.15) is 6.92 Å². The summed E-state index contributed by atoms with van der Waals surface area (Å²) in [5, 5.41) is 8.87. The van der Waals surface area contributed by atoms with Crippen LogP contribution in [0.25, 0.3) is 0 Å². The van der Waals surface area contributed by atoms with E-state index in [-0.39, 0.29) is 12.6 Å². The zero-order chi connectivity index (χ0) is 17.8. The molecule has 6 nitrogen and oxygen atoms in total. The smallest absolute Gasteiger partial charge is 0.341 e. The predicted octanol–water partition coefficient (Wildman–Crippen LogP) is 2.47. The summed E-state index contributed by atoms with van der Waals surface area (Å²) in [6.07, 6.45) is 0. The molecule has 0 spiro atoms. The summed E-state index contributed by atoms with van der Waals surface area (Å²) in [5.41, 5.74) is 0.448. The van der Waals surface area contributed by atoms with Crippen molar-refractivity contribution in [2.75, 3.05) is 33.9 Å². The fourth-order valence-electron chi connectivity index (χ4n) is 1.12. The average Bonchev–Trinajstić information content (AvgIpc) is 2.46. The van der Waals surface area contributed by atoms with Crippen LogP contribution in [-0.4, -0.2) is 55.8 Å². The van der Waals surface area contributed by atoms with Gasteiger partial charge in [0, 0.05) is 17.1 Å². The van der Waals surface area contributed by atoms with Gasteiger partial charge in [-0.3, -0.25) is 0 Å². The number of rotatable bonds is 7. The Morgan fingerprint density at radius 3 is 2.26 bits per heavy atom. The van der Waals surface area contributed by atoms with Crippen molar-refractivity contribution < 1.29 is 24.2 Å². The minimum absolute atomic E-state index is 0.313. The summed E-state index contributed by atoms with van der Waals surface area (Å²) in [5.74, 6) is -0.807. The van der Waals surface area contributed by atoms with Gasteiger partial charge in [0.05, 0.1) is 0 Å². The molecule has 0 aromatic heterocycles. The highest BCUT2D eigenvalue weighted by Crippen LogP contribution is 2.15. The summed E-state index contributed by atoms with van der Waals surface area (Å²) in [4.78, 5) is 22.8. The Balaban J connectivity index is 0.000000423. The molecule has 0 saturated carbocycles. The Bertz CT molecular complexity index is 514. The first-order chi connectivity index (χ1) is 10.7. The fraction of sp³-hybridized carbons (Fsp3) is 0.375. The van der Waals surface area contributed by atoms with E-state index in [4.69, 9.17) is 26.2 Å². The average molecular weight is 344 g/mol. The van der Waals surface area contributed by atoms with Gasteiger partial charge in [0.2, 0.25) is 0 Å². The monoisotopic (exact) mass is 343 g/mol. The normalized spacial score (nSPS) is 9.61. The number of carbonyl (C=O) groups excluding carboxylic acids is 1. The van der Waals surface area contributed by atoms with Crippen LogP contribution in [0.2, 0.25) is 5.02 Å². The van der Waals surface area contributed by atoms with Crippen molar-refractivity contribution in [3.05, 3.63) is 41.4 Å². The van der Waals surface area contributed by atoms with E-state index in [1.165, 1.54) is 0 Å². The number of carbonyl (C=O) groups is 2. The van der Waals surface area contributed by atoms with Gasteiger partial charge in [-0.2, -0.15) is 0 Å². The Morgan fingerprint density at radius 1 is 1.26 bits per heavy atom. The lowest BCUT2D eigenvalue weighted by atomic mass is 10.3. The molecule has 0 atom stereocenters. The summed E-state index contributed by atoms with van der Waals surface area (Å²) in [7, 11) is 3.85. The number of hydrogen-bond acceptors (Lipinski definition) is 5. The van der Waals surface area contributed by atoms with Crippen LogP contribution >= 0.6 is 11.6 Å². The molecule has 1 rings (SSSR count). The number of carboxylic acids is 1. The van der Waals surface area contributed by atoms with Crippen LogP contribution in [0.3, 0.4) is 0 Å². The van der Waals surface area contributed by atoms with Crippen molar-refractivity contribution in [2.45, 2.75) is 6.92 Å². The number of likely N-dealkylation sites (N-methyl/N-ethyl adjacent to an activating group) is 1. The molecule has 0 bridgehead atoms. The zero-order valence-electron chi connectivity index (χ0n) is 13.5. The maximum absolute atomic E-state index is 10.8. The van der Waals surface area contributed by atoms with E-state index in [1.807, 2.05) is 19.0 Å². The van der Waals surface area contributed by atoms with E-state index in [0.717, 1.165) is 6.54 Å². The second kappa shape index (κ2) is 11.5. The highest BCUT2D eigenvalue weighted by atomic mass is 35.5. The van der Waals surface area contributed by atoms with E-state index in [2.05, 4.69) is 6.58 Å². The quantitative estimate of drug-likeness (QED) is 0.605. The van der Waals surface area contributed by atoms with Crippen molar-refractivity contribution >= 4 is 23.5 Å². The van der Waals surface area contributed by atoms with Gasteiger partial charge >= 0.3 is 11.9 Å². The van der Waals surface area contributed by atoms with Crippen LogP contribution in [0, 0.1) is 0 Å².